The highest BCUT2D eigenvalue weighted by Gasteiger charge is 2.31. The minimum absolute atomic E-state index is 0.544. The molecule has 0 radical (unpaired) electrons. The van der Waals surface area contributed by atoms with Crippen molar-refractivity contribution in [3.8, 4) is 0 Å². The van der Waals surface area contributed by atoms with Crippen LogP contribution in [0, 0.1) is 0 Å². The third-order valence-electron chi connectivity index (χ3n) is 4.90. The van der Waals surface area contributed by atoms with Gasteiger partial charge in [0.05, 0.1) is 6.04 Å². The van der Waals surface area contributed by atoms with Gasteiger partial charge in [0.15, 0.2) is 0 Å². The topological polar surface area (TPSA) is 21.1 Å². The predicted octanol–water partition coefficient (Wildman–Crippen LogP) is 3.72. The Bertz CT molecular complexity index is 435. The van der Waals surface area contributed by atoms with Gasteiger partial charge in [-0.15, -0.1) is 0 Å². The second-order valence-electron chi connectivity index (χ2n) is 6.56. The summed E-state index contributed by atoms with van der Waals surface area (Å²) in [6.07, 6.45) is 9.96. The molecule has 106 valence electrons. The molecule has 1 fully saturated rings. The van der Waals surface area contributed by atoms with E-state index in [1.165, 1.54) is 56.6 Å². The highest BCUT2D eigenvalue weighted by molar-refractivity contribution is 5.14. The van der Waals surface area contributed by atoms with Gasteiger partial charge in [0.25, 0.3) is 0 Å². The van der Waals surface area contributed by atoms with Crippen molar-refractivity contribution in [1.82, 2.24) is 14.5 Å². The van der Waals surface area contributed by atoms with Crippen molar-refractivity contribution >= 4 is 0 Å². The molecule has 3 heterocycles. The summed E-state index contributed by atoms with van der Waals surface area (Å²) in [4.78, 5) is 7.48. The van der Waals surface area contributed by atoms with Crippen LogP contribution in [0.15, 0.2) is 6.20 Å². The zero-order chi connectivity index (χ0) is 13.4. The molecule has 3 heteroatoms. The van der Waals surface area contributed by atoms with Crippen LogP contribution < -0.4 is 0 Å². The van der Waals surface area contributed by atoms with Crippen molar-refractivity contribution in [2.75, 3.05) is 6.54 Å². The third-order valence-corrected chi connectivity index (χ3v) is 4.90. The van der Waals surface area contributed by atoms with Gasteiger partial charge in [0.1, 0.15) is 5.82 Å². The van der Waals surface area contributed by atoms with Crippen LogP contribution in [0.5, 0.6) is 0 Å². The molecule has 1 aromatic rings. The van der Waals surface area contributed by atoms with Gasteiger partial charge in [0, 0.05) is 24.0 Å². The van der Waals surface area contributed by atoms with Crippen LogP contribution >= 0.6 is 0 Å². The smallest absolute Gasteiger partial charge is 0.126 e. The fourth-order valence-electron chi connectivity index (χ4n) is 3.91. The van der Waals surface area contributed by atoms with Gasteiger partial charge in [-0.3, -0.25) is 4.90 Å². The van der Waals surface area contributed by atoms with E-state index < -0.39 is 0 Å². The van der Waals surface area contributed by atoms with E-state index in [-0.39, 0.29) is 0 Å². The van der Waals surface area contributed by atoms with E-state index in [9.17, 15) is 0 Å². The third kappa shape index (κ3) is 2.33. The Morgan fingerprint density at radius 2 is 2.05 bits per heavy atom. The first kappa shape index (κ1) is 13.2. The fraction of sp³-hybridized carbons (Fsp3) is 0.812. The molecule has 2 aliphatic heterocycles. The Labute approximate surface area is 117 Å². The van der Waals surface area contributed by atoms with Crippen molar-refractivity contribution in [3.05, 3.63) is 17.7 Å². The molecule has 2 atom stereocenters. The average Bonchev–Trinajstić information content (AvgIpc) is 2.84. The summed E-state index contributed by atoms with van der Waals surface area (Å²) in [7, 11) is 0. The number of hydrogen-bond acceptors (Lipinski definition) is 2. The van der Waals surface area contributed by atoms with E-state index in [1.54, 1.807) is 0 Å². The minimum Gasteiger partial charge on any atom is -0.328 e. The van der Waals surface area contributed by atoms with E-state index in [4.69, 9.17) is 4.98 Å². The number of aromatic nitrogens is 2. The number of piperidine rings is 1. The number of rotatable bonds is 2. The minimum atomic E-state index is 0.544. The standard InChI is InChI=1S/C16H27N3/c1-12(2)18-10-5-4-9-15(18)16-17-11-14-8-6-7-13(3)19(14)16/h11-13,15H,4-10H2,1-3H3. The molecular formula is C16H27N3. The number of nitrogens with zero attached hydrogens (tertiary/aromatic N) is 3. The second kappa shape index (κ2) is 5.28. The number of aryl methyl sites for hydroxylation is 1. The first-order valence-electron chi connectivity index (χ1n) is 8.00. The number of likely N-dealkylation sites (tertiary alicyclic amines) is 1. The van der Waals surface area contributed by atoms with Crippen LogP contribution in [0.25, 0.3) is 0 Å². The Morgan fingerprint density at radius 3 is 2.84 bits per heavy atom. The fourth-order valence-corrected chi connectivity index (χ4v) is 3.91. The van der Waals surface area contributed by atoms with Crippen LogP contribution in [0.4, 0.5) is 0 Å². The maximum atomic E-state index is 4.83. The predicted molar refractivity (Wildman–Crippen MR) is 78.3 cm³/mol. The molecule has 1 aromatic heterocycles. The molecule has 0 spiro atoms. The van der Waals surface area contributed by atoms with Gasteiger partial charge in [-0.25, -0.2) is 4.98 Å². The molecule has 19 heavy (non-hydrogen) atoms. The number of fused-ring (bicyclic) bond motifs is 1. The summed E-state index contributed by atoms with van der Waals surface area (Å²) in [5.41, 5.74) is 1.46. The van der Waals surface area contributed by atoms with Gasteiger partial charge in [0.2, 0.25) is 0 Å². The average molecular weight is 261 g/mol. The Morgan fingerprint density at radius 1 is 1.21 bits per heavy atom. The lowest BCUT2D eigenvalue weighted by atomic mass is 9.98. The summed E-state index contributed by atoms with van der Waals surface area (Å²) in [6.45, 7) is 8.24. The van der Waals surface area contributed by atoms with E-state index in [0.29, 0.717) is 18.1 Å². The van der Waals surface area contributed by atoms with Gasteiger partial charge in [-0.05, 0) is 59.4 Å². The molecule has 2 unspecified atom stereocenters. The molecule has 3 rings (SSSR count). The molecular weight excluding hydrogens is 234 g/mol. The quantitative estimate of drug-likeness (QED) is 0.809. The highest BCUT2D eigenvalue weighted by atomic mass is 15.2. The first-order chi connectivity index (χ1) is 9.18. The summed E-state index contributed by atoms with van der Waals surface area (Å²) in [5, 5.41) is 0. The van der Waals surface area contributed by atoms with Crippen LogP contribution in [0.2, 0.25) is 0 Å². The summed E-state index contributed by atoms with van der Waals surface area (Å²) in [5.74, 6) is 1.34. The van der Waals surface area contributed by atoms with E-state index in [2.05, 4.69) is 36.4 Å². The van der Waals surface area contributed by atoms with E-state index in [1.807, 2.05) is 0 Å². The van der Waals surface area contributed by atoms with E-state index >= 15 is 0 Å². The molecule has 0 bridgehead atoms. The lowest BCUT2D eigenvalue weighted by molar-refractivity contribution is 0.101. The van der Waals surface area contributed by atoms with E-state index in [0.717, 1.165) is 0 Å². The monoisotopic (exact) mass is 261 g/mol. The maximum Gasteiger partial charge on any atom is 0.126 e. The van der Waals surface area contributed by atoms with Gasteiger partial charge < -0.3 is 4.57 Å². The molecule has 0 aliphatic carbocycles. The maximum absolute atomic E-state index is 4.83. The Balaban J connectivity index is 1.94. The van der Waals surface area contributed by atoms with Crippen LogP contribution in [0.3, 0.4) is 0 Å². The molecule has 3 nitrogen and oxygen atoms in total. The first-order valence-corrected chi connectivity index (χ1v) is 8.00. The zero-order valence-electron chi connectivity index (χ0n) is 12.6. The molecule has 0 saturated carbocycles. The van der Waals surface area contributed by atoms with Crippen LogP contribution in [0.1, 0.15) is 76.5 Å². The summed E-state index contributed by atoms with van der Waals surface area (Å²) in [6, 6.07) is 1.80. The van der Waals surface area contributed by atoms with Crippen LogP contribution in [-0.4, -0.2) is 27.0 Å². The van der Waals surface area contributed by atoms with Gasteiger partial charge in [-0.1, -0.05) is 6.42 Å². The molecule has 0 aromatic carbocycles. The normalized spacial score (nSPS) is 28.6. The highest BCUT2D eigenvalue weighted by Crippen LogP contribution is 2.36. The zero-order valence-corrected chi connectivity index (χ0v) is 12.6. The second-order valence-corrected chi connectivity index (χ2v) is 6.56. The molecule has 2 aliphatic rings. The summed E-state index contributed by atoms with van der Waals surface area (Å²) >= 11 is 0. The van der Waals surface area contributed by atoms with Crippen molar-refractivity contribution < 1.29 is 0 Å². The van der Waals surface area contributed by atoms with Crippen molar-refractivity contribution in [1.29, 1.82) is 0 Å². The number of imidazole rings is 1. The number of hydrogen-bond donors (Lipinski definition) is 0. The lowest BCUT2D eigenvalue weighted by Crippen LogP contribution is -2.40. The van der Waals surface area contributed by atoms with Crippen molar-refractivity contribution in [3.63, 3.8) is 0 Å². The Hall–Kier alpha value is -0.830. The van der Waals surface area contributed by atoms with Crippen molar-refractivity contribution in [2.24, 2.45) is 0 Å². The molecule has 0 amide bonds. The largest absolute Gasteiger partial charge is 0.328 e. The van der Waals surface area contributed by atoms with Gasteiger partial charge >= 0.3 is 0 Å². The lowest BCUT2D eigenvalue weighted by Gasteiger charge is -2.39. The molecule has 1 saturated heterocycles. The Kier molecular flexibility index (Phi) is 3.66. The molecule has 0 N–H and O–H groups in total. The van der Waals surface area contributed by atoms with Gasteiger partial charge in [-0.2, -0.15) is 0 Å². The SMILES string of the molecule is CC(C)N1CCCCC1c1ncc2n1C(C)CCC2. The summed E-state index contributed by atoms with van der Waals surface area (Å²) < 4.78 is 2.55. The van der Waals surface area contributed by atoms with Crippen LogP contribution in [-0.2, 0) is 6.42 Å². The van der Waals surface area contributed by atoms with Crippen molar-refractivity contribution in [2.45, 2.75) is 77.4 Å².